The summed E-state index contributed by atoms with van der Waals surface area (Å²) in [6.45, 7) is 5.81. The maximum atomic E-state index is 12.2. The van der Waals surface area contributed by atoms with Gasteiger partial charge in [-0.25, -0.2) is 0 Å². The third kappa shape index (κ3) is 2.13. The van der Waals surface area contributed by atoms with Gasteiger partial charge in [-0.1, -0.05) is 6.92 Å². The van der Waals surface area contributed by atoms with Gasteiger partial charge < -0.3 is 5.32 Å². The second kappa shape index (κ2) is 4.64. The Morgan fingerprint density at radius 2 is 2.22 bits per heavy atom. The number of carbonyl (C=O) groups excluding carboxylic acids is 1. The van der Waals surface area contributed by atoms with Crippen molar-refractivity contribution in [1.29, 1.82) is 0 Å². The van der Waals surface area contributed by atoms with E-state index < -0.39 is 0 Å². The molecule has 0 fully saturated rings. The molecule has 1 amide bonds. The molecule has 0 aliphatic rings. The molecule has 0 radical (unpaired) electrons. The average molecular weight is 247 g/mol. The van der Waals surface area contributed by atoms with E-state index in [1.807, 2.05) is 20.8 Å². The lowest BCUT2D eigenvalue weighted by atomic mass is 10.2. The van der Waals surface area contributed by atoms with Crippen LogP contribution in [0.2, 0.25) is 0 Å². The van der Waals surface area contributed by atoms with Crippen LogP contribution in [0.4, 0.5) is 5.82 Å². The van der Waals surface area contributed by atoms with Crippen molar-refractivity contribution in [1.82, 2.24) is 20.0 Å². The molecule has 2 aromatic rings. The van der Waals surface area contributed by atoms with Gasteiger partial charge in [0.1, 0.15) is 0 Å². The molecule has 0 saturated heterocycles. The number of nitrogens with zero attached hydrogens (tertiary/aromatic N) is 3. The van der Waals surface area contributed by atoms with Gasteiger partial charge in [0, 0.05) is 24.5 Å². The van der Waals surface area contributed by atoms with E-state index in [1.165, 1.54) is 0 Å². The van der Waals surface area contributed by atoms with Gasteiger partial charge in [0.2, 0.25) is 0 Å². The molecule has 0 spiro atoms. The third-order valence-corrected chi connectivity index (χ3v) is 2.97. The molecule has 0 unspecified atom stereocenters. The molecule has 6 heteroatoms. The Morgan fingerprint density at radius 1 is 1.50 bits per heavy atom. The van der Waals surface area contributed by atoms with Crippen LogP contribution in [0.1, 0.15) is 34.2 Å². The number of aromatic nitrogens is 4. The van der Waals surface area contributed by atoms with Gasteiger partial charge in [-0.2, -0.15) is 10.2 Å². The van der Waals surface area contributed by atoms with Crippen LogP contribution in [0, 0.1) is 13.8 Å². The van der Waals surface area contributed by atoms with Gasteiger partial charge in [-0.15, -0.1) is 0 Å². The Labute approximate surface area is 105 Å². The summed E-state index contributed by atoms with van der Waals surface area (Å²) in [5, 5.41) is 13.9. The zero-order valence-corrected chi connectivity index (χ0v) is 11.0. The van der Waals surface area contributed by atoms with Gasteiger partial charge in [-0.3, -0.25) is 14.6 Å². The molecule has 0 saturated carbocycles. The van der Waals surface area contributed by atoms with E-state index in [-0.39, 0.29) is 5.91 Å². The number of aromatic amines is 1. The molecule has 6 nitrogen and oxygen atoms in total. The minimum absolute atomic E-state index is 0.172. The molecule has 96 valence electrons. The SMILES string of the molecule is CCc1nn(C)cc1C(=O)Nc1n[nH]c(C)c1C. The molecular formula is C12H17N5O. The van der Waals surface area contributed by atoms with Crippen LogP contribution in [0.15, 0.2) is 6.20 Å². The van der Waals surface area contributed by atoms with Crippen molar-refractivity contribution in [2.75, 3.05) is 5.32 Å². The monoisotopic (exact) mass is 247 g/mol. The number of aryl methyl sites for hydroxylation is 3. The van der Waals surface area contributed by atoms with Gasteiger partial charge in [-0.05, 0) is 20.3 Å². The number of amides is 1. The highest BCUT2D eigenvalue weighted by atomic mass is 16.1. The number of carbonyl (C=O) groups is 1. The maximum absolute atomic E-state index is 12.2. The summed E-state index contributed by atoms with van der Waals surface area (Å²) in [5.41, 5.74) is 3.29. The normalized spacial score (nSPS) is 10.7. The number of nitrogens with one attached hydrogen (secondary N) is 2. The van der Waals surface area contributed by atoms with Crippen LogP contribution in [-0.2, 0) is 13.5 Å². The lowest BCUT2D eigenvalue weighted by Gasteiger charge is -2.02. The smallest absolute Gasteiger partial charge is 0.260 e. The molecule has 0 aromatic carbocycles. The summed E-state index contributed by atoms with van der Waals surface area (Å²) in [6, 6.07) is 0. The van der Waals surface area contributed by atoms with E-state index in [2.05, 4.69) is 20.6 Å². The Balaban J connectivity index is 2.24. The first kappa shape index (κ1) is 12.3. The van der Waals surface area contributed by atoms with Crippen LogP contribution >= 0.6 is 0 Å². The van der Waals surface area contributed by atoms with Crippen LogP contribution in [0.3, 0.4) is 0 Å². The van der Waals surface area contributed by atoms with Crippen molar-refractivity contribution in [2.24, 2.45) is 7.05 Å². The van der Waals surface area contributed by atoms with Gasteiger partial charge in [0.25, 0.3) is 5.91 Å². The molecule has 2 heterocycles. The highest BCUT2D eigenvalue weighted by Crippen LogP contribution is 2.16. The predicted molar refractivity (Wildman–Crippen MR) is 68.6 cm³/mol. The Morgan fingerprint density at radius 3 is 2.78 bits per heavy atom. The summed E-state index contributed by atoms with van der Waals surface area (Å²) in [6.07, 6.45) is 2.45. The van der Waals surface area contributed by atoms with E-state index in [1.54, 1.807) is 17.9 Å². The van der Waals surface area contributed by atoms with Crippen LogP contribution in [0.25, 0.3) is 0 Å². The molecule has 2 rings (SSSR count). The molecule has 0 bridgehead atoms. The van der Waals surface area contributed by atoms with E-state index in [4.69, 9.17) is 0 Å². The van der Waals surface area contributed by atoms with Crippen LogP contribution in [0.5, 0.6) is 0 Å². The van der Waals surface area contributed by atoms with E-state index in [0.29, 0.717) is 11.4 Å². The first-order valence-corrected chi connectivity index (χ1v) is 5.88. The molecule has 18 heavy (non-hydrogen) atoms. The van der Waals surface area contributed by atoms with Crippen molar-refractivity contribution >= 4 is 11.7 Å². The number of hydrogen-bond acceptors (Lipinski definition) is 3. The van der Waals surface area contributed by atoms with Crippen LogP contribution in [-0.4, -0.2) is 25.9 Å². The fourth-order valence-corrected chi connectivity index (χ4v) is 1.77. The summed E-state index contributed by atoms with van der Waals surface area (Å²) in [4.78, 5) is 12.2. The molecule has 2 aromatic heterocycles. The molecular weight excluding hydrogens is 230 g/mol. The lowest BCUT2D eigenvalue weighted by molar-refractivity contribution is 0.102. The minimum atomic E-state index is -0.172. The minimum Gasteiger partial charge on any atom is -0.305 e. The number of H-pyrrole nitrogens is 1. The summed E-state index contributed by atoms with van der Waals surface area (Å²) >= 11 is 0. The fraction of sp³-hybridized carbons (Fsp3) is 0.417. The van der Waals surface area contributed by atoms with Gasteiger partial charge in [0.15, 0.2) is 5.82 Å². The Bertz CT molecular complexity index is 581. The van der Waals surface area contributed by atoms with Crippen molar-refractivity contribution in [3.8, 4) is 0 Å². The maximum Gasteiger partial charge on any atom is 0.260 e. The highest BCUT2D eigenvalue weighted by Gasteiger charge is 2.16. The Hall–Kier alpha value is -2.11. The zero-order chi connectivity index (χ0) is 13.3. The lowest BCUT2D eigenvalue weighted by Crippen LogP contribution is -2.14. The predicted octanol–water partition coefficient (Wildman–Crippen LogP) is 1.57. The summed E-state index contributed by atoms with van der Waals surface area (Å²) in [5.74, 6) is 0.401. The number of hydrogen-bond donors (Lipinski definition) is 2. The van der Waals surface area contributed by atoms with Crippen molar-refractivity contribution < 1.29 is 4.79 Å². The average Bonchev–Trinajstić information content (AvgIpc) is 2.86. The molecule has 0 aliphatic heterocycles. The van der Waals surface area contributed by atoms with Crippen molar-refractivity contribution in [3.63, 3.8) is 0 Å². The molecule has 0 aliphatic carbocycles. The topological polar surface area (TPSA) is 75.6 Å². The largest absolute Gasteiger partial charge is 0.305 e. The van der Waals surface area contributed by atoms with E-state index in [9.17, 15) is 4.79 Å². The second-order valence-electron chi connectivity index (χ2n) is 4.29. The van der Waals surface area contributed by atoms with Crippen LogP contribution < -0.4 is 5.32 Å². The van der Waals surface area contributed by atoms with E-state index >= 15 is 0 Å². The van der Waals surface area contributed by atoms with E-state index in [0.717, 1.165) is 23.4 Å². The highest BCUT2D eigenvalue weighted by molar-refractivity contribution is 6.04. The zero-order valence-electron chi connectivity index (χ0n) is 11.0. The van der Waals surface area contributed by atoms with Gasteiger partial charge >= 0.3 is 0 Å². The fourth-order valence-electron chi connectivity index (χ4n) is 1.77. The van der Waals surface area contributed by atoms with Crippen molar-refractivity contribution in [3.05, 3.63) is 28.7 Å². The second-order valence-corrected chi connectivity index (χ2v) is 4.29. The summed E-state index contributed by atoms with van der Waals surface area (Å²) in [7, 11) is 1.81. The van der Waals surface area contributed by atoms with Gasteiger partial charge in [0.05, 0.1) is 11.3 Å². The molecule has 2 N–H and O–H groups in total. The number of rotatable bonds is 3. The third-order valence-electron chi connectivity index (χ3n) is 2.97. The Kier molecular flexibility index (Phi) is 3.18. The number of anilines is 1. The first-order chi connectivity index (χ1) is 8.52. The standard InChI is InChI=1S/C12H17N5O/c1-5-10-9(6-17(4)16-10)12(18)13-11-7(2)8(3)14-15-11/h6H,5H2,1-4H3,(H2,13,14,15,18). The molecule has 0 atom stereocenters. The quantitative estimate of drug-likeness (QED) is 0.864. The summed E-state index contributed by atoms with van der Waals surface area (Å²) < 4.78 is 1.65. The first-order valence-electron chi connectivity index (χ1n) is 5.88. The van der Waals surface area contributed by atoms with Crippen molar-refractivity contribution in [2.45, 2.75) is 27.2 Å².